The molecule has 0 atom stereocenters. The second-order valence-corrected chi connectivity index (χ2v) is 7.38. The van der Waals surface area contributed by atoms with Crippen molar-refractivity contribution in [2.24, 2.45) is 0 Å². The van der Waals surface area contributed by atoms with Crippen LogP contribution in [0.3, 0.4) is 0 Å². The van der Waals surface area contributed by atoms with E-state index >= 15 is 0 Å². The summed E-state index contributed by atoms with van der Waals surface area (Å²) >= 11 is 10.1. The van der Waals surface area contributed by atoms with E-state index in [1.54, 1.807) is 0 Å². The molecule has 0 unspecified atom stereocenters. The zero-order valence-electron chi connectivity index (χ0n) is 14.3. The van der Waals surface area contributed by atoms with Gasteiger partial charge in [0, 0.05) is 10.0 Å². The number of carbonyl (C=O) groups excluding carboxylic acids is 1. The molecule has 6 nitrogen and oxygen atoms in total. The van der Waals surface area contributed by atoms with Crippen LogP contribution in [0.15, 0.2) is 25.6 Å². The third-order valence-corrected chi connectivity index (χ3v) is 6.32. The van der Waals surface area contributed by atoms with Crippen molar-refractivity contribution >= 4 is 53.6 Å². The van der Waals surface area contributed by atoms with Gasteiger partial charge in [0.05, 0.1) is 42.9 Å². The molecule has 0 heterocycles. The van der Waals surface area contributed by atoms with E-state index < -0.39 is 5.78 Å². The molecule has 0 aliphatic carbocycles. The highest BCUT2D eigenvalue weighted by molar-refractivity contribution is 9.13. The summed E-state index contributed by atoms with van der Waals surface area (Å²) in [5.74, 6) is 0.377. The summed E-state index contributed by atoms with van der Waals surface area (Å²) in [5.41, 5.74) is 0.304. The number of aromatic hydroxyl groups is 1. The molecule has 0 saturated heterocycles. The van der Waals surface area contributed by atoms with E-state index in [1.807, 2.05) is 0 Å². The van der Waals surface area contributed by atoms with E-state index in [1.165, 1.54) is 40.6 Å². The van der Waals surface area contributed by atoms with Crippen molar-refractivity contribution in [2.45, 2.75) is 0 Å². The number of hydrogen-bond donors (Lipinski definition) is 1. The Labute approximate surface area is 175 Å². The SMILES string of the molecule is COc1cc(C(=O)c2cc(Br)c(OC)c(OC)c2O)c(Br)c(Br)c1OC. The molecule has 2 aromatic rings. The molecular formula is C17H15Br3O6. The summed E-state index contributed by atoms with van der Waals surface area (Å²) in [4.78, 5) is 13.1. The van der Waals surface area contributed by atoms with Crippen LogP contribution in [-0.4, -0.2) is 39.3 Å². The molecule has 0 fully saturated rings. The Morgan fingerprint density at radius 2 is 1.38 bits per heavy atom. The standard InChI is InChI=1S/C17H15Br3O6/c1-23-10-6-7(11(19)12(20)16(10)25-3)13(21)8-5-9(18)15(24-2)17(26-4)14(8)22/h5-6,22H,1-4H3. The van der Waals surface area contributed by atoms with Crippen LogP contribution in [0.5, 0.6) is 28.7 Å². The maximum Gasteiger partial charge on any atom is 0.205 e. The van der Waals surface area contributed by atoms with Crippen molar-refractivity contribution in [3.63, 3.8) is 0 Å². The molecular weight excluding hydrogens is 540 g/mol. The number of halogens is 3. The molecule has 2 rings (SSSR count). The lowest BCUT2D eigenvalue weighted by Crippen LogP contribution is -2.07. The average Bonchev–Trinajstić information content (AvgIpc) is 2.64. The normalized spacial score (nSPS) is 10.4. The summed E-state index contributed by atoms with van der Waals surface area (Å²) in [6.07, 6.45) is 0. The topological polar surface area (TPSA) is 74.2 Å². The van der Waals surface area contributed by atoms with E-state index in [9.17, 15) is 9.90 Å². The fourth-order valence-electron chi connectivity index (χ4n) is 2.39. The molecule has 26 heavy (non-hydrogen) atoms. The summed E-state index contributed by atoms with van der Waals surface area (Å²) < 4.78 is 22.4. The van der Waals surface area contributed by atoms with Gasteiger partial charge in [-0.3, -0.25) is 4.79 Å². The molecule has 0 saturated carbocycles. The maximum absolute atomic E-state index is 13.1. The monoisotopic (exact) mass is 552 g/mol. The zero-order chi connectivity index (χ0) is 19.6. The van der Waals surface area contributed by atoms with Gasteiger partial charge in [0.25, 0.3) is 0 Å². The van der Waals surface area contributed by atoms with Gasteiger partial charge in [0.1, 0.15) is 0 Å². The lowest BCUT2D eigenvalue weighted by atomic mass is 10.0. The summed E-state index contributed by atoms with van der Waals surface area (Å²) in [6.45, 7) is 0. The number of rotatable bonds is 6. The van der Waals surface area contributed by atoms with Crippen LogP contribution in [0.2, 0.25) is 0 Å². The Kier molecular flexibility index (Phi) is 6.81. The summed E-state index contributed by atoms with van der Waals surface area (Å²) in [5, 5.41) is 10.5. The molecule has 0 bridgehead atoms. The van der Waals surface area contributed by atoms with E-state index in [0.29, 0.717) is 24.9 Å². The fraction of sp³-hybridized carbons (Fsp3) is 0.235. The molecule has 2 aromatic carbocycles. The van der Waals surface area contributed by atoms with Crippen molar-refractivity contribution in [2.75, 3.05) is 28.4 Å². The van der Waals surface area contributed by atoms with Gasteiger partial charge < -0.3 is 24.1 Å². The Morgan fingerprint density at radius 3 is 1.88 bits per heavy atom. The van der Waals surface area contributed by atoms with Gasteiger partial charge >= 0.3 is 0 Å². The summed E-state index contributed by atoms with van der Waals surface area (Å²) in [7, 11) is 5.78. The average molecular weight is 555 g/mol. The van der Waals surface area contributed by atoms with Gasteiger partial charge in [-0.1, -0.05) is 0 Å². The molecule has 9 heteroatoms. The number of methoxy groups -OCH3 is 4. The highest BCUT2D eigenvalue weighted by atomic mass is 79.9. The van der Waals surface area contributed by atoms with Gasteiger partial charge in [0.2, 0.25) is 5.75 Å². The minimum atomic E-state index is -0.447. The Hall–Kier alpha value is -1.45. The van der Waals surface area contributed by atoms with Crippen LogP contribution in [0.25, 0.3) is 0 Å². The first-order valence-electron chi connectivity index (χ1n) is 7.10. The molecule has 0 amide bonds. The second kappa shape index (κ2) is 8.49. The van der Waals surface area contributed by atoms with Gasteiger partial charge in [-0.15, -0.1) is 0 Å². The van der Waals surface area contributed by atoms with Crippen molar-refractivity contribution in [1.82, 2.24) is 0 Å². The number of phenolic OH excluding ortho intramolecular Hbond substituents is 1. The predicted molar refractivity (Wildman–Crippen MR) is 107 cm³/mol. The number of phenols is 1. The molecule has 0 spiro atoms. The van der Waals surface area contributed by atoms with Crippen LogP contribution < -0.4 is 18.9 Å². The molecule has 140 valence electrons. The number of benzene rings is 2. The van der Waals surface area contributed by atoms with Gasteiger partial charge in [-0.05, 0) is 59.9 Å². The minimum absolute atomic E-state index is 0.0364. The summed E-state index contributed by atoms with van der Waals surface area (Å²) in [6, 6.07) is 3.00. The smallest absolute Gasteiger partial charge is 0.205 e. The third kappa shape index (κ3) is 3.52. The zero-order valence-corrected chi connectivity index (χ0v) is 19.0. The third-order valence-electron chi connectivity index (χ3n) is 3.61. The molecule has 0 aliphatic rings. The van der Waals surface area contributed by atoms with Gasteiger partial charge in [-0.25, -0.2) is 0 Å². The Morgan fingerprint density at radius 1 is 0.808 bits per heavy atom. The van der Waals surface area contributed by atoms with E-state index in [2.05, 4.69) is 47.8 Å². The van der Waals surface area contributed by atoms with Crippen LogP contribution in [0.1, 0.15) is 15.9 Å². The minimum Gasteiger partial charge on any atom is -0.504 e. The van der Waals surface area contributed by atoms with Crippen LogP contribution in [0.4, 0.5) is 0 Å². The van der Waals surface area contributed by atoms with Crippen LogP contribution >= 0.6 is 47.8 Å². The molecule has 0 aliphatic heterocycles. The molecule has 1 N–H and O–H groups in total. The van der Waals surface area contributed by atoms with E-state index in [0.717, 1.165) is 0 Å². The van der Waals surface area contributed by atoms with Gasteiger partial charge in [-0.2, -0.15) is 0 Å². The Balaban J connectivity index is 2.71. The van der Waals surface area contributed by atoms with E-state index in [4.69, 9.17) is 18.9 Å². The first-order chi connectivity index (χ1) is 12.3. The van der Waals surface area contributed by atoms with Crippen LogP contribution in [-0.2, 0) is 0 Å². The van der Waals surface area contributed by atoms with Crippen molar-refractivity contribution in [1.29, 1.82) is 0 Å². The first kappa shape index (κ1) is 20.9. The van der Waals surface area contributed by atoms with E-state index in [-0.39, 0.29) is 28.4 Å². The first-order valence-corrected chi connectivity index (χ1v) is 9.48. The van der Waals surface area contributed by atoms with Crippen molar-refractivity contribution in [3.05, 3.63) is 36.7 Å². The van der Waals surface area contributed by atoms with Gasteiger partial charge in [0.15, 0.2) is 28.8 Å². The Bertz CT molecular complexity index is 861. The lowest BCUT2D eigenvalue weighted by Gasteiger charge is -2.16. The highest BCUT2D eigenvalue weighted by Crippen LogP contribution is 2.47. The quantitative estimate of drug-likeness (QED) is 0.510. The highest BCUT2D eigenvalue weighted by Gasteiger charge is 2.27. The number of ether oxygens (including phenoxy) is 4. The maximum atomic E-state index is 13.1. The fourth-order valence-corrected chi connectivity index (χ4v) is 4.01. The van der Waals surface area contributed by atoms with Crippen molar-refractivity contribution in [3.8, 4) is 28.7 Å². The predicted octanol–water partition coefficient (Wildman–Crippen LogP) is 4.95. The number of ketones is 1. The number of carbonyl (C=O) groups is 1. The molecule has 0 radical (unpaired) electrons. The largest absolute Gasteiger partial charge is 0.504 e. The lowest BCUT2D eigenvalue weighted by molar-refractivity contribution is 0.103. The number of hydrogen-bond acceptors (Lipinski definition) is 6. The second-order valence-electron chi connectivity index (χ2n) is 4.94. The molecule has 0 aromatic heterocycles. The van der Waals surface area contributed by atoms with Crippen LogP contribution in [0, 0.1) is 0 Å². The van der Waals surface area contributed by atoms with Crippen molar-refractivity contribution < 1.29 is 28.8 Å².